The first-order valence-electron chi connectivity index (χ1n) is 10.6. The van der Waals surface area contributed by atoms with Gasteiger partial charge in [0.15, 0.2) is 11.5 Å². The number of unbranched alkanes of at least 4 members (excludes halogenated alkanes) is 3. The van der Waals surface area contributed by atoms with E-state index in [1.165, 1.54) is 36.8 Å². The summed E-state index contributed by atoms with van der Waals surface area (Å²) in [5, 5.41) is 5.42. The number of fused-ring (bicyclic) bond motifs is 1. The lowest BCUT2D eigenvalue weighted by Gasteiger charge is -2.22. The van der Waals surface area contributed by atoms with Crippen LogP contribution in [0.3, 0.4) is 0 Å². The highest BCUT2D eigenvalue weighted by Gasteiger charge is 2.17. The first kappa shape index (κ1) is 22.2. The lowest BCUT2D eigenvalue weighted by molar-refractivity contribution is 0.354. The maximum absolute atomic E-state index is 6.14. The van der Waals surface area contributed by atoms with Gasteiger partial charge in [-0.2, -0.15) is 0 Å². The maximum atomic E-state index is 6.14. The largest absolute Gasteiger partial charge is 0.493 e. The molecule has 0 aliphatic rings. The van der Waals surface area contributed by atoms with Crippen LogP contribution in [0, 0.1) is 0 Å². The van der Waals surface area contributed by atoms with Gasteiger partial charge in [0.2, 0.25) is 0 Å². The van der Waals surface area contributed by atoms with Crippen LogP contribution in [0.5, 0.6) is 11.5 Å². The van der Waals surface area contributed by atoms with Crippen molar-refractivity contribution in [2.75, 3.05) is 19.5 Å². The Morgan fingerprint density at radius 3 is 2.50 bits per heavy atom. The Kier molecular flexibility index (Phi) is 7.81. The molecule has 2 aromatic carbocycles. The molecule has 0 amide bonds. The normalized spacial score (nSPS) is 12.0. The van der Waals surface area contributed by atoms with E-state index in [0.717, 1.165) is 34.5 Å². The number of pyridine rings is 1. The monoisotopic (exact) mass is 426 g/mol. The van der Waals surface area contributed by atoms with Gasteiger partial charge in [-0.25, -0.2) is 0 Å². The van der Waals surface area contributed by atoms with Crippen LogP contribution in [-0.2, 0) is 6.42 Å². The topological polar surface area (TPSA) is 43.4 Å². The van der Waals surface area contributed by atoms with Crippen molar-refractivity contribution in [3.05, 3.63) is 58.7 Å². The van der Waals surface area contributed by atoms with Crippen molar-refractivity contribution in [1.82, 2.24) is 4.98 Å². The van der Waals surface area contributed by atoms with E-state index < -0.39 is 0 Å². The Balaban J connectivity index is 1.92. The lowest BCUT2D eigenvalue weighted by atomic mass is 9.95. The summed E-state index contributed by atoms with van der Waals surface area (Å²) in [7, 11) is 3.37. The number of rotatable bonds is 10. The van der Waals surface area contributed by atoms with Crippen LogP contribution < -0.4 is 14.8 Å². The molecule has 0 aliphatic heterocycles. The summed E-state index contributed by atoms with van der Waals surface area (Å²) in [5.41, 5.74) is 4.44. The van der Waals surface area contributed by atoms with Crippen LogP contribution in [0.1, 0.15) is 56.7 Å². The summed E-state index contributed by atoms with van der Waals surface area (Å²) in [6.45, 7) is 4.42. The molecule has 3 aromatic rings. The van der Waals surface area contributed by atoms with Crippen molar-refractivity contribution in [1.29, 1.82) is 0 Å². The van der Waals surface area contributed by atoms with Crippen molar-refractivity contribution >= 4 is 28.2 Å². The Morgan fingerprint density at radius 1 is 1.00 bits per heavy atom. The highest BCUT2D eigenvalue weighted by atomic mass is 35.5. The molecule has 0 bridgehead atoms. The Bertz CT molecular complexity index is 990. The molecular weight excluding hydrogens is 396 g/mol. The lowest BCUT2D eigenvalue weighted by Crippen LogP contribution is -2.11. The summed E-state index contributed by atoms with van der Waals surface area (Å²) in [6.07, 6.45) is 7.74. The van der Waals surface area contributed by atoms with Crippen molar-refractivity contribution in [2.24, 2.45) is 0 Å². The van der Waals surface area contributed by atoms with Gasteiger partial charge >= 0.3 is 0 Å². The van der Waals surface area contributed by atoms with Crippen molar-refractivity contribution < 1.29 is 9.47 Å². The third kappa shape index (κ3) is 5.17. The predicted molar refractivity (Wildman–Crippen MR) is 126 cm³/mol. The highest BCUT2D eigenvalue weighted by molar-refractivity contribution is 6.31. The van der Waals surface area contributed by atoms with Crippen molar-refractivity contribution in [3.8, 4) is 11.5 Å². The van der Waals surface area contributed by atoms with E-state index in [1.54, 1.807) is 14.2 Å². The number of aryl methyl sites for hydroxylation is 1. The minimum atomic E-state index is 0.0901. The number of halogens is 1. The van der Waals surface area contributed by atoms with Crippen molar-refractivity contribution in [3.63, 3.8) is 0 Å². The van der Waals surface area contributed by atoms with Crippen molar-refractivity contribution in [2.45, 2.75) is 52.0 Å². The number of ether oxygens (including phenoxy) is 2. The maximum Gasteiger partial charge on any atom is 0.161 e. The standard InChI is InChI=1S/C25H31ClN2O2/c1-5-6-7-8-9-18-14-24(29-3)25(30-4)16-21(18)17(2)28-22-12-13-27-23-15-19(26)10-11-20(22)23/h10-17H,5-9H2,1-4H3,(H,27,28). The number of methoxy groups -OCH3 is 2. The Morgan fingerprint density at radius 2 is 1.77 bits per heavy atom. The molecule has 1 N–H and O–H groups in total. The van der Waals surface area contributed by atoms with Gasteiger partial charge in [-0.3, -0.25) is 4.98 Å². The molecule has 3 rings (SSSR count). The average molecular weight is 427 g/mol. The molecule has 0 radical (unpaired) electrons. The molecule has 1 aromatic heterocycles. The number of nitrogens with one attached hydrogen (secondary N) is 1. The SMILES string of the molecule is CCCCCCc1cc(OC)c(OC)cc1C(C)Nc1ccnc2cc(Cl)ccc12. The summed E-state index contributed by atoms with van der Waals surface area (Å²) >= 11 is 6.14. The number of benzene rings is 2. The van der Waals surface area contributed by atoms with E-state index in [4.69, 9.17) is 21.1 Å². The Labute approximate surface area is 184 Å². The number of hydrogen-bond donors (Lipinski definition) is 1. The van der Waals surface area contributed by atoms with E-state index >= 15 is 0 Å². The fraction of sp³-hybridized carbons (Fsp3) is 0.400. The highest BCUT2D eigenvalue weighted by Crippen LogP contribution is 2.36. The zero-order chi connectivity index (χ0) is 21.5. The third-order valence-electron chi connectivity index (χ3n) is 5.49. The van der Waals surface area contributed by atoms with Crippen LogP contribution in [-0.4, -0.2) is 19.2 Å². The molecule has 0 saturated heterocycles. The molecule has 0 spiro atoms. The molecule has 0 aliphatic carbocycles. The van der Waals surface area contributed by atoms with E-state index in [2.05, 4.69) is 36.3 Å². The molecule has 160 valence electrons. The molecule has 1 atom stereocenters. The van der Waals surface area contributed by atoms with Gasteiger partial charge in [0, 0.05) is 28.3 Å². The summed E-state index contributed by atoms with van der Waals surface area (Å²) in [6, 6.07) is 12.1. The minimum absolute atomic E-state index is 0.0901. The van der Waals surface area contributed by atoms with E-state index in [-0.39, 0.29) is 6.04 Å². The molecule has 1 heterocycles. The molecule has 1 unspecified atom stereocenters. The van der Waals surface area contributed by atoms with Crippen LogP contribution in [0.15, 0.2) is 42.6 Å². The van der Waals surface area contributed by atoms with Crippen LogP contribution in [0.4, 0.5) is 5.69 Å². The molecule has 0 fully saturated rings. The van der Waals surface area contributed by atoms with Gasteiger partial charge in [-0.1, -0.05) is 37.8 Å². The second-order valence-corrected chi connectivity index (χ2v) is 8.04. The Hall–Kier alpha value is -2.46. The first-order valence-corrected chi connectivity index (χ1v) is 11.0. The van der Waals surface area contributed by atoms with Gasteiger partial charge in [0.1, 0.15) is 0 Å². The van der Waals surface area contributed by atoms with Gasteiger partial charge in [0.25, 0.3) is 0 Å². The number of hydrogen-bond acceptors (Lipinski definition) is 4. The fourth-order valence-electron chi connectivity index (χ4n) is 3.86. The van der Waals surface area contributed by atoms with E-state index in [9.17, 15) is 0 Å². The number of aromatic nitrogens is 1. The minimum Gasteiger partial charge on any atom is -0.493 e. The molecular formula is C25H31ClN2O2. The van der Waals surface area contributed by atoms with Gasteiger partial charge in [0.05, 0.1) is 19.7 Å². The van der Waals surface area contributed by atoms with Crippen LogP contribution >= 0.6 is 11.6 Å². The number of anilines is 1. The first-order chi connectivity index (χ1) is 14.6. The summed E-state index contributed by atoms with van der Waals surface area (Å²) in [5.74, 6) is 1.53. The predicted octanol–water partition coefficient (Wildman–Crippen LogP) is 7.20. The zero-order valence-corrected chi connectivity index (χ0v) is 19.1. The van der Waals surface area contributed by atoms with E-state index in [1.807, 2.05) is 30.5 Å². The quantitative estimate of drug-likeness (QED) is 0.348. The second-order valence-electron chi connectivity index (χ2n) is 7.60. The van der Waals surface area contributed by atoms with E-state index in [0.29, 0.717) is 5.02 Å². The smallest absolute Gasteiger partial charge is 0.161 e. The van der Waals surface area contributed by atoms with Gasteiger partial charge < -0.3 is 14.8 Å². The van der Waals surface area contributed by atoms with Gasteiger partial charge in [-0.05, 0) is 67.3 Å². The van der Waals surface area contributed by atoms with Crippen LogP contribution in [0.25, 0.3) is 10.9 Å². The molecule has 4 nitrogen and oxygen atoms in total. The molecule has 0 saturated carbocycles. The summed E-state index contributed by atoms with van der Waals surface area (Å²) in [4.78, 5) is 4.45. The third-order valence-corrected chi connectivity index (χ3v) is 5.72. The second kappa shape index (κ2) is 10.5. The molecule has 30 heavy (non-hydrogen) atoms. The van der Waals surface area contributed by atoms with Gasteiger partial charge in [-0.15, -0.1) is 0 Å². The van der Waals surface area contributed by atoms with Crippen LogP contribution in [0.2, 0.25) is 5.02 Å². The zero-order valence-electron chi connectivity index (χ0n) is 18.3. The number of nitrogens with zero attached hydrogens (tertiary/aromatic N) is 1. The summed E-state index contributed by atoms with van der Waals surface area (Å²) < 4.78 is 11.1. The fourth-order valence-corrected chi connectivity index (χ4v) is 4.02. The molecule has 5 heteroatoms. The average Bonchev–Trinajstić information content (AvgIpc) is 2.76.